The third-order valence-corrected chi connectivity index (χ3v) is 7.87. The van der Waals surface area contributed by atoms with Crippen molar-refractivity contribution in [3.63, 3.8) is 0 Å². The largest absolute Gasteiger partial charge is 0.488 e. The highest BCUT2D eigenvalue weighted by atomic mass is 79.9. The molecule has 0 bridgehead atoms. The van der Waals surface area contributed by atoms with Gasteiger partial charge in [0.15, 0.2) is 5.82 Å². The summed E-state index contributed by atoms with van der Waals surface area (Å²) < 4.78 is 12.6. The van der Waals surface area contributed by atoms with Crippen LogP contribution in [-0.2, 0) is 19.3 Å². The topological polar surface area (TPSA) is 103 Å². The van der Waals surface area contributed by atoms with Crippen LogP contribution in [0.5, 0.6) is 5.75 Å². The summed E-state index contributed by atoms with van der Waals surface area (Å²) in [5.41, 5.74) is 6.93. The molecule has 2 aromatic heterocycles. The zero-order valence-corrected chi connectivity index (χ0v) is 26.5. The Labute approximate surface area is 260 Å². The van der Waals surface area contributed by atoms with E-state index in [2.05, 4.69) is 37.0 Å². The van der Waals surface area contributed by atoms with E-state index >= 15 is 0 Å². The van der Waals surface area contributed by atoms with Gasteiger partial charge in [-0.05, 0) is 80.5 Å². The summed E-state index contributed by atoms with van der Waals surface area (Å²) in [6.07, 6.45) is 3.94. The first-order valence-electron chi connectivity index (χ1n) is 14.4. The summed E-state index contributed by atoms with van der Waals surface area (Å²) >= 11 is 0. The quantitative estimate of drug-likeness (QED) is 0.210. The predicted molar refractivity (Wildman–Crippen MR) is 173 cm³/mol. The molecular formula is C34H35BrN4O4. The van der Waals surface area contributed by atoms with Gasteiger partial charge in [0.2, 0.25) is 0 Å². The zero-order chi connectivity index (χ0) is 29.4. The lowest BCUT2D eigenvalue weighted by molar-refractivity contribution is 0.0847. The van der Waals surface area contributed by atoms with E-state index in [-0.39, 0.29) is 28.1 Å². The van der Waals surface area contributed by atoms with Crippen molar-refractivity contribution in [1.29, 1.82) is 0 Å². The van der Waals surface area contributed by atoms with E-state index in [0.29, 0.717) is 23.6 Å². The molecule has 0 aliphatic carbocycles. The number of aryl methyl sites for hydroxylation is 3. The van der Waals surface area contributed by atoms with E-state index in [9.17, 15) is 9.59 Å². The molecule has 0 spiro atoms. The third kappa shape index (κ3) is 6.13. The van der Waals surface area contributed by atoms with E-state index < -0.39 is 5.76 Å². The molecule has 1 aliphatic rings. The van der Waals surface area contributed by atoms with Crippen LogP contribution in [0.15, 0.2) is 80.8 Å². The molecule has 0 fully saturated rings. The van der Waals surface area contributed by atoms with Crippen molar-refractivity contribution in [1.82, 2.24) is 19.7 Å². The molecule has 0 radical (unpaired) electrons. The highest BCUT2D eigenvalue weighted by molar-refractivity contribution is 8.93. The number of hydrogen-bond acceptors (Lipinski definition) is 6. The fraction of sp³-hybridized carbons (Fsp3) is 0.294. The smallest absolute Gasteiger partial charge is 0.439 e. The first kappa shape index (κ1) is 30.2. The normalized spacial score (nSPS) is 13.6. The van der Waals surface area contributed by atoms with Crippen molar-refractivity contribution in [2.75, 3.05) is 0 Å². The molecule has 1 aliphatic heterocycles. The van der Waals surface area contributed by atoms with Gasteiger partial charge in [0.1, 0.15) is 17.2 Å². The molecule has 0 unspecified atom stereocenters. The highest BCUT2D eigenvalue weighted by Crippen LogP contribution is 2.34. The minimum absolute atomic E-state index is 0. The molecule has 8 nitrogen and oxygen atoms in total. The fourth-order valence-electron chi connectivity index (χ4n) is 5.72. The molecule has 1 N–H and O–H groups in total. The van der Waals surface area contributed by atoms with E-state index in [0.717, 1.165) is 70.6 Å². The predicted octanol–water partition coefficient (Wildman–Crippen LogP) is 6.78. The van der Waals surface area contributed by atoms with Crippen LogP contribution >= 0.6 is 17.0 Å². The number of benzene rings is 3. The van der Waals surface area contributed by atoms with Crippen LogP contribution in [-0.4, -0.2) is 25.3 Å². The van der Waals surface area contributed by atoms with Crippen molar-refractivity contribution < 1.29 is 9.26 Å². The van der Waals surface area contributed by atoms with Crippen molar-refractivity contribution in [2.45, 2.75) is 65.4 Å². The highest BCUT2D eigenvalue weighted by Gasteiger charge is 2.27. The number of rotatable bonds is 7. The van der Waals surface area contributed by atoms with Crippen LogP contribution in [0.2, 0.25) is 0 Å². The number of aromatic amines is 1. The Balaban J connectivity index is 0.00000368. The van der Waals surface area contributed by atoms with Gasteiger partial charge in [0.05, 0.1) is 11.4 Å². The molecule has 0 amide bonds. The average molecular weight is 644 g/mol. The maximum absolute atomic E-state index is 14.1. The van der Waals surface area contributed by atoms with Crippen LogP contribution in [0, 0.1) is 6.92 Å². The molecule has 43 heavy (non-hydrogen) atoms. The number of aromatic nitrogens is 4. The van der Waals surface area contributed by atoms with Crippen LogP contribution in [0.3, 0.4) is 0 Å². The average Bonchev–Trinajstić information content (AvgIpc) is 3.41. The number of halogens is 1. The molecule has 9 heteroatoms. The molecular weight excluding hydrogens is 608 g/mol. The van der Waals surface area contributed by atoms with Gasteiger partial charge >= 0.3 is 5.76 Å². The van der Waals surface area contributed by atoms with Gasteiger partial charge in [-0.2, -0.15) is 0 Å². The van der Waals surface area contributed by atoms with E-state index in [1.165, 1.54) is 0 Å². The zero-order valence-electron chi connectivity index (χ0n) is 24.8. The first-order valence-corrected chi connectivity index (χ1v) is 14.4. The summed E-state index contributed by atoms with van der Waals surface area (Å²) in [6, 6.07) is 21.8. The van der Waals surface area contributed by atoms with Gasteiger partial charge in [-0.1, -0.05) is 67.0 Å². The molecule has 5 aromatic rings. The van der Waals surface area contributed by atoms with Crippen LogP contribution in [0.1, 0.15) is 61.8 Å². The van der Waals surface area contributed by atoms with E-state index in [1.54, 1.807) is 4.57 Å². The van der Waals surface area contributed by atoms with Gasteiger partial charge in [-0.15, -0.1) is 17.0 Å². The van der Waals surface area contributed by atoms with Gasteiger partial charge in [-0.3, -0.25) is 18.9 Å². The Bertz CT molecular complexity index is 1890. The Morgan fingerprint density at radius 3 is 2.44 bits per heavy atom. The third-order valence-electron chi connectivity index (χ3n) is 7.87. The second-order valence-corrected chi connectivity index (χ2v) is 11.5. The van der Waals surface area contributed by atoms with E-state index in [1.807, 2.05) is 67.6 Å². The van der Waals surface area contributed by atoms with Crippen molar-refractivity contribution in [3.8, 4) is 34.0 Å². The summed E-state index contributed by atoms with van der Waals surface area (Å²) in [4.78, 5) is 33.2. The Morgan fingerprint density at radius 2 is 1.74 bits per heavy atom. The summed E-state index contributed by atoms with van der Waals surface area (Å²) in [5, 5.41) is 3.86. The second-order valence-electron chi connectivity index (χ2n) is 11.5. The van der Waals surface area contributed by atoms with Gasteiger partial charge < -0.3 is 4.74 Å². The Kier molecular flexibility index (Phi) is 8.55. The number of nitrogens with one attached hydrogen (secondary N) is 1. The molecule has 0 saturated carbocycles. The monoisotopic (exact) mass is 642 g/mol. The van der Waals surface area contributed by atoms with Crippen molar-refractivity contribution in [2.24, 2.45) is 0 Å². The lowest BCUT2D eigenvalue weighted by atomic mass is 9.94. The summed E-state index contributed by atoms with van der Waals surface area (Å²) in [6.45, 7) is 8.21. The fourth-order valence-corrected chi connectivity index (χ4v) is 5.72. The summed E-state index contributed by atoms with van der Waals surface area (Å²) in [5.74, 6) is 1.35. The maximum atomic E-state index is 14.1. The molecule has 0 atom stereocenters. The van der Waals surface area contributed by atoms with Crippen molar-refractivity contribution >= 4 is 17.0 Å². The van der Waals surface area contributed by atoms with E-state index in [4.69, 9.17) is 14.2 Å². The van der Waals surface area contributed by atoms with Crippen LogP contribution < -0.4 is 16.1 Å². The Hall–Kier alpha value is -4.24. The standard InChI is InChI=1S/C34H34N4O4.BrH/c1-5-8-29-28(32(39)38(21(2)35-29)25-15-16-30-24(20-25)17-18-34(3,4)41-30)19-22-11-13-23(14-12-22)26-9-6-7-10-27(26)31-36-33(40)42-37-31;/h6-7,9-16,20H,5,8,17-19H2,1-4H3,(H,36,37,40);1H. The number of hydrogen-bond donors (Lipinski definition) is 1. The molecule has 3 heterocycles. The van der Waals surface area contributed by atoms with Gasteiger partial charge in [0, 0.05) is 17.5 Å². The molecule has 0 saturated heterocycles. The minimum atomic E-state index is -0.594. The molecule has 6 rings (SSSR count). The number of ether oxygens (including phenoxy) is 1. The Morgan fingerprint density at radius 1 is 1.00 bits per heavy atom. The van der Waals surface area contributed by atoms with Gasteiger partial charge in [-0.25, -0.2) is 9.78 Å². The minimum Gasteiger partial charge on any atom is -0.488 e. The maximum Gasteiger partial charge on any atom is 0.439 e. The van der Waals surface area contributed by atoms with Crippen LogP contribution in [0.25, 0.3) is 28.2 Å². The molecule has 3 aromatic carbocycles. The second kappa shape index (κ2) is 12.2. The lowest BCUT2D eigenvalue weighted by Crippen LogP contribution is -2.33. The lowest BCUT2D eigenvalue weighted by Gasteiger charge is -2.32. The van der Waals surface area contributed by atoms with Gasteiger partial charge in [0.25, 0.3) is 5.56 Å². The van der Waals surface area contributed by atoms with Crippen molar-refractivity contribution in [3.05, 3.63) is 116 Å². The first-order chi connectivity index (χ1) is 20.2. The number of nitrogens with zero attached hydrogens (tertiary/aromatic N) is 3. The number of H-pyrrole nitrogens is 1. The number of fused-ring (bicyclic) bond motifs is 1. The van der Waals surface area contributed by atoms with Crippen LogP contribution in [0.4, 0.5) is 0 Å². The molecule has 222 valence electrons. The SMILES string of the molecule is Br.CCCc1nc(C)n(-c2ccc3c(c2)CCC(C)(C)O3)c(=O)c1Cc1ccc(-c2ccccc2-c2noc(=O)[nH]2)cc1. The summed E-state index contributed by atoms with van der Waals surface area (Å²) in [7, 11) is 0.